The summed E-state index contributed by atoms with van der Waals surface area (Å²) in [7, 11) is 0. The number of hydrogen-bond acceptors (Lipinski definition) is 6. The van der Waals surface area contributed by atoms with Crippen molar-refractivity contribution in [1.82, 2.24) is 0 Å². The summed E-state index contributed by atoms with van der Waals surface area (Å²) in [6.45, 7) is 6.17. The molecular formula is C48H84O6. The molecule has 312 valence electrons. The predicted octanol–water partition coefficient (Wildman–Crippen LogP) is 13.2. The molecule has 0 aliphatic rings. The quantitative estimate of drug-likeness (QED) is 0.0281. The first-order valence-corrected chi connectivity index (χ1v) is 22.3. The molecule has 3 atom stereocenters. The summed E-state index contributed by atoms with van der Waals surface area (Å²) in [5.41, 5.74) is 0. The summed E-state index contributed by atoms with van der Waals surface area (Å²) >= 11 is 0. The third-order valence-corrected chi connectivity index (χ3v) is 10.0. The van der Waals surface area contributed by atoms with Crippen molar-refractivity contribution in [3.05, 3.63) is 60.8 Å². The molecule has 0 fully saturated rings. The van der Waals surface area contributed by atoms with Gasteiger partial charge >= 0.3 is 11.9 Å². The van der Waals surface area contributed by atoms with Crippen molar-refractivity contribution in [2.24, 2.45) is 5.92 Å². The van der Waals surface area contributed by atoms with Crippen LogP contribution in [0.3, 0.4) is 0 Å². The fourth-order valence-corrected chi connectivity index (χ4v) is 6.11. The molecule has 1 unspecified atom stereocenters. The lowest BCUT2D eigenvalue weighted by atomic mass is 9.99. The van der Waals surface area contributed by atoms with Gasteiger partial charge in [0.25, 0.3) is 0 Å². The van der Waals surface area contributed by atoms with Gasteiger partial charge < -0.3 is 19.7 Å². The summed E-state index contributed by atoms with van der Waals surface area (Å²) in [6, 6.07) is 0. The monoisotopic (exact) mass is 757 g/mol. The average Bonchev–Trinajstić information content (AvgIpc) is 3.18. The number of ether oxygens (including phenoxy) is 2. The average molecular weight is 757 g/mol. The maximum atomic E-state index is 12.2. The standard InChI is InChI=1S/C48H84O6/c1-4-44(3)38-34-30-26-22-18-14-10-8-6-7-9-11-17-21-25-29-33-37-41-48(52)54-46(42-49)43-53-47(51)40-36-32-28-24-20-16-13-12-15-19-23-27-31-35-39-45(50)5-2/h13,15-16,19,24,27-28,31,35,39,44-46,49-50H,4-12,14,17-18,20-23,25-26,29-30,32-34,36-38,40-43H2,1-3H3/b16-13-,19-15-,28-24-,31-27-,39-35+/t44?,45-,46-/m0/s1. The normalized spacial score (nSPS) is 13.9. The van der Waals surface area contributed by atoms with Gasteiger partial charge in [-0.15, -0.1) is 0 Å². The highest BCUT2D eigenvalue weighted by Gasteiger charge is 2.16. The van der Waals surface area contributed by atoms with Crippen LogP contribution in [-0.4, -0.2) is 47.6 Å². The molecule has 6 nitrogen and oxygen atoms in total. The van der Waals surface area contributed by atoms with E-state index in [1.807, 2.05) is 19.1 Å². The van der Waals surface area contributed by atoms with Crippen molar-refractivity contribution in [3.63, 3.8) is 0 Å². The van der Waals surface area contributed by atoms with Crippen molar-refractivity contribution in [2.45, 2.75) is 213 Å². The van der Waals surface area contributed by atoms with Gasteiger partial charge in [-0.3, -0.25) is 9.59 Å². The van der Waals surface area contributed by atoms with Crippen molar-refractivity contribution < 1.29 is 29.3 Å². The smallest absolute Gasteiger partial charge is 0.306 e. The number of unbranched alkanes of at least 4 members (excludes halogenated alkanes) is 18. The van der Waals surface area contributed by atoms with E-state index in [0.29, 0.717) is 19.3 Å². The zero-order chi connectivity index (χ0) is 39.6. The molecular weight excluding hydrogens is 673 g/mol. The Morgan fingerprint density at radius 1 is 0.556 bits per heavy atom. The van der Waals surface area contributed by atoms with E-state index in [9.17, 15) is 19.8 Å². The molecule has 0 aliphatic carbocycles. The first kappa shape index (κ1) is 51.6. The Balaban J connectivity index is 3.61. The van der Waals surface area contributed by atoms with Crippen LogP contribution in [-0.2, 0) is 19.1 Å². The second kappa shape index (κ2) is 41.7. The second-order valence-electron chi connectivity index (χ2n) is 15.2. The number of rotatable bonds is 39. The molecule has 0 aromatic rings. The fourth-order valence-electron chi connectivity index (χ4n) is 6.11. The number of allylic oxidation sites excluding steroid dienone is 9. The first-order chi connectivity index (χ1) is 26.4. The number of carbonyl (C=O) groups excluding carboxylic acids is 2. The van der Waals surface area contributed by atoms with E-state index in [1.54, 1.807) is 6.08 Å². The molecule has 0 bridgehead atoms. The molecule has 0 spiro atoms. The molecule has 0 saturated carbocycles. The maximum absolute atomic E-state index is 12.2. The Labute approximate surface area is 333 Å². The van der Waals surface area contributed by atoms with Gasteiger partial charge in [0, 0.05) is 12.8 Å². The highest BCUT2D eigenvalue weighted by molar-refractivity contribution is 5.70. The molecule has 6 heteroatoms. The number of hydrogen-bond donors (Lipinski definition) is 2. The Hall–Kier alpha value is -2.44. The first-order valence-electron chi connectivity index (χ1n) is 22.3. The van der Waals surface area contributed by atoms with Crippen LogP contribution in [0.1, 0.15) is 201 Å². The van der Waals surface area contributed by atoms with Crippen LogP contribution in [0.2, 0.25) is 0 Å². The number of aliphatic hydroxyl groups excluding tert-OH is 2. The van der Waals surface area contributed by atoms with Gasteiger partial charge in [0.05, 0.1) is 12.7 Å². The Kier molecular flexibility index (Phi) is 39.8. The van der Waals surface area contributed by atoms with E-state index in [4.69, 9.17) is 9.47 Å². The van der Waals surface area contributed by atoms with Crippen LogP contribution < -0.4 is 0 Å². The summed E-state index contributed by atoms with van der Waals surface area (Å²) in [6.07, 6.45) is 51.0. The molecule has 0 saturated heterocycles. The summed E-state index contributed by atoms with van der Waals surface area (Å²) in [5, 5.41) is 19.0. The SMILES string of the molecule is CCC(C)CCCCCCCCCCCCCCCCCCCCC(=O)O[C@@H](CO)COC(=O)CCC/C=C\C/C=C\C/C=C\C/C=C\C=C\[C@@H](O)CC. The van der Waals surface area contributed by atoms with E-state index in [0.717, 1.165) is 57.3 Å². The number of esters is 2. The van der Waals surface area contributed by atoms with Gasteiger partial charge in [-0.1, -0.05) is 204 Å². The van der Waals surface area contributed by atoms with E-state index in [1.165, 1.54) is 109 Å². The number of aliphatic hydroxyl groups is 2. The van der Waals surface area contributed by atoms with Gasteiger partial charge in [-0.2, -0.15) is 0 Å². The minimum atomic E-state index is -0.804. The van der Waals surface area contributed by atoms with Gasteiger partial charge in [0.15, 0.2) is 6.10 Å². The molecule has 0 rings (SSSR count). The summed E-state index contributed by atoms with van der Waals surface area (Å²) in [4.78, 5) is 24.3. The Morgan fingerprint density at radius 3 is 1.52 bits per heavy atom. The van der Waals surface area contributed by atoms with Crippen molar-refractivity contribution in [2.75, 3.05) is 13.2 Å². The lowest BCUT2D eigenvalue weighted by molar-refractivity contribution is -0.161. The van der Waals surface area contributed by atoms with Crippen LogP contribution in [0.5, 0.6) is 0 Å². The van der Waals surface area contributed by atoms with Gasteiger partial charge in [-0.05, 0) is 50.9 Å². The highest BCUT2D eigenvalue weighted by Crippen LogP contribution is 2.17. The summed E-state index contributed by atoms with van der Waals surface area (Å²) < 4.78 is 10.6. The molecule has 0 aliphatic heterocycles. The summed E-state index contributed by atoms with van der Waals surface area (Å²) in [5.74, 6) is 0.234. The van der Waals surface area contributed by atoms with E-state index >= 15 is 0 Å². The van der Waals surface area contributed by atoms with Gasteiger partial charge in [0.1, 0.15) is 6.61 Å². The molecule has 0 heterocycles. The highest BCUT2D eigenvalue weighted by atomic mass is 16.6. The minimum Gasteiger partial charge on any atom is -0.462 e. The van der Waals surface area contributed by atoms with Gasteiger partial charge in [0.2, 0.25) is 0 Å². The number of carbonyl (C=O) groups is 2. The fraction of sp³-hybridized carbons (Fsp3) is 0.750. The largest absolute Gasteiger partial charge is 0.462 e. The van der Waals surface area contributed by atoms with Gasteiger partial charge in [-0.25, -0.2) is 0 Å². The molecule has 0 aromatic heterocycles. The molecule has 2 N–H and O–H groups in total. The Bertz CT molecular complexity index is 980. The Morgan fingerprint density at radius 2 is 1.02 bits per heavy atom. The zero-order valence-corrected chi connectivity index (χ0v) is 35.2. The lowest BCUT2D eigenvalue weighted by Crippen LogP contribution is -2.28. The van der Waals surface area contributed by atoms with Crippen molar-refractivity contribution >= 4 is 11.9 Å². The molecule has 0 aromatic carbocycles. The van der Waals surface area contributed by atoms with Crippen LogP contribution in [0.25, 0.3) is 0 Å². The molecule has 0 radical (unpaired) electrons. The van der Waals surface area contributed by atoms with Crippen molar-refractivity contribution in [1.29, 1.82) is 0 Å². The topological polar surface area (TPSA) is 93.1 Å². The zero-order valence-electron chi connectivity index (χ0n) is 35.2. The third kappa shape index (κ3) is 39.3. The second-order valence-corrected chi connectivity index (χ2v) is 15.2. The third-order valence-electron chi connectivity index (χ3n) is 10.0. The lowest BCUT2D eigenvalue weighted by Gasteiger charge is -2.15. The van der Waals surface area contributed by atoms with Crippen LogP contribution in [0, 0.1) is 5.92 Å². The molecule has 54 heavy (non-hydrogen) atoms. The van der Waals surface area contributed by atoms with E-state index < -0.39 is 6.10 Å². The van der Waals surface area contributed by atoms with Crippen LogP contribution >= 0.6 is 0 Å². The van der Waals surface area contributed by atoms with Crippen LogP contribution in [0.15, 0.2) is 60.8 Å². The van der Waals surface area contributed by atoms with E-state index in [2.05, 4.69) is 56.4 Å². The molecule has 0 amide bonds. The van der Waals surface area contributed by atoms with Crippen LogP contribution in [0.4, 0.5) is 0 Å². The minimum absolute atomic E-state index is 0.106. The van der Waals surface area contributed by atoms with Crippen molar-refractivity contribution in [3.8, 4) is 0 Å². The maximum Gasteiger partial charge on any atom is 0.306 e. The predicted molar refractivity (Wildman–Crippen MR) is 229 cm³/mol. The van der Waals surface area contributed by atoms with E-state index in [-0.39, 0.29) is 31.3 Å².